The zero-order valence-corrected chi connectivity index (χ0v) is 13.1. The average Bonchev–Trinajstić information content (AvgIpc) is 2.85. The SMILES string of the molecule is CC(C)C(=O)c1sc2cc(O)ccc2c1-c1ccc(F)cc1. The van der Waals surface area contributed by atoms with Crippen molar-refractivity contribution >= 4 is 27.2 Å². The molecule has 0 unspecified atom stereocenters. The number of rotatable bonds is 3. The fourth-order valence-electron chi connectivity index (χ4n) is 2.42. The number of aromatic hydroxyl groups is 1. The fraction of sp³-hybridized carbons (Fsp3) is 0.167. The number of benzene rings is 2. The van der Waals surface area contributed by atoms with Crippen molar-refractivity contribution in [3.63, 3.8) is 0 Å². The Kier molecular flexibility index (Phi) is 3.71. The van der Waals surface area contributed by atoms with E-state index in [1.807, 2.05) is 13.8 Å². The van der Waals surface area contributed by atoms with E-state index in [0.717, 1.165) is 21.2 Å². The van der Waals surface area contributed by atoms with Gasteiger partial charge in [-0.1, -0.05) is 26.0 Å². The highest BCUT2D eigenvalue weighted by Gasteiger charge is 2.21. The van der Waals surface area contributed by atoms with E-state index in [1.54, 1.807) is 30.3 Å². The van der Waals surface area contributed by atoms with Crippen LogP contribution in [0.4, 0.5) is 4.39 Å². The van der Waals surface area contributed by atoms with Crippen molar-refractivity contribution in [1.29, 1.82) is 0 Å². The molecule has 0 bridgehead atoms. The second-order valence-corrected chi connectivity index (χ2v) is 6.56. The number of fused-ring (bicyclic) bond motifs is 1. The molecule has 0 amide bonds. The summed E-state index contributed by atoms with van der Waals surface area (Å²) in [5.41, 5.74) is 1.63. The molecule has 1 heterocycles. The summed E-state index contributed by atoms with van der Waals surface area (Å²) in [5, 5.41) is 10.6. The van der Waals surface area contributed by atoms with Crippen molar-refractivity contribution in [1.82, 2.24) is 0 Å². The van der Waals surface area contributed by atoms with Gasteiger partial charge in [-0.15, -0.1) is 11.3 Å². The molecule has 22 heavy (non-hydrogen) atoms. The summed E-state index contributed by atoms with van der Waals surface area (Å²) in [6.45, 7) is 3.72. The summed E-state index contributed by atoms with van der Waals surface area (Å²) in [5.74, 6) is -0.207. The minimum absolute atomic E-state index is 0.0556. The first-order chi connectivity index (χ1) is 10.5. The molecule has 0 saturated carbocycles. The van der Waals surface area contributed by atoms with Crippen molar-refractivity contribution in [2.75, 3.05) is 0 Å². The van der Waals surface area contributed by atoms with Gasteiger partial charge in [0, 0.05) is 21.6 Å². The van der Waals surface area contributed by atoms with Gasteiger partial charge in [0.25, 0.3) is 0 Å². The molecular formula is C18H15FO2S. The van der Waals surface area contributed by atoms with Gasteiger partial charge in [0.05, 0.1) is 4.88 Å². The predicted molar refractivity (Wildman–Crippen MR) is 88.1 cm³/mol. The Morgan fingerprint density at radius 2 is 1.82 bits per heavy atom. The fourth-order valence-corrected chi connectivity index (χ4v) is 3.77. The van der Waals surface area contributed by atoms with Gasteiger partial charge in [0.1, 0.15) is 11.6 Å². The number of hydrogen-bond acceptors (Lipinski definition) is 3. The quantitative estimate of drug-likeness (QED) is 0.670. The highest BCUT2D eigenvalue weighted by Crippen LogP contribution is 2.41. The third-order valence-electron chi connectivity index (χ3n) is 3.55. The van der Waals surface area contributed by atoms with Crippen LogP contribution in [-0.2, 0) is 0 Å². The van der Waals surface area contributed by atoms with Crippen molar-refractivity contribution in [3.8, 4) is 16.9 Å². The van der Waals surface area contributed by atoms with Gasteiger partial charge in [0.15, 0.2) is 5.78 Å². The van der Waals surface area contributed by atoms with Gasteiger partial charge >= 0.3 is 0 Å². The molecular weight excluding hydrogens is 299 g/mol. The second-order valence-electron chi connectivity index (χ2n) is 5.51. The molecule has 0 aliphatic carbocycles. The molecule has 112 valence electrons. The van der Waals surface area contributed by atoms with Crippen molar-refractivity contribution in [3.05, 3.63) is 53.2 Å². The largest absolute Gasteiger partial charge is 0.508 e. The molecule has 1 N–H and O–H groups in total. The molecule has 2 aromatic carbocycles. The van der Waals surface area contributed by atoms with E-state index < -0.39 is 0 Å². The first kappa shape index (κ1) is 14.7. The summed E-state index contributed by atoms with van der Waals surface area (Å²) in [6, 6.07) is 11.2. The number of phenolic OH excluding ortho intramolecular Hbond substituents is 1. The van der Waals surface area contributed by atoms with E-state index in [1.165, 1.54) is 23.5 Å². The highest BCUT2D eigenvalue weighted by molar-refractivity contribution is 7.21. The summed E-state index contributed by atoms with van der Waals surface area (Å²) < 4.78 is 14.0. The molecule has 0 aliphatic heterocycles. The smallest absolute Gasteiger partial charge is 0.175 e. The minimum Gasteiger partial charge on any atom is -0.508 e. The van der Waals surface area contributed by atoms with Crippen LogP contribution < -0.4 is 0 Å². The Bertz CT molecular complexity index is 847. The molecule has 3 aromatic rings. The topological polar surface area (TPSA) is 37.3 Å². The lowest BCUT2D eigenvalue weighted by atomic mass is 9.97. The van der Waals surface area contributed by atoms with Crippen LogP contribution in [0.25, 0.3) is 21.2 Å². The van der Waals surface area contributed by atoms with Crippen LogP contribution in [0.3, 0.4) is 0 Å². The van der Waals surface area contributed by atoms with E-state index in [2.05, 4.69) is 0 Å². The van der Waals surface area contributed by atoms with E-state index in [9.17, 15) is 14.3 Å². The second kappa shape index (κ2) is 5.54. The number of ketones is 1. The monoisotopic (exact) mass is 314 g/mol. The van der Waals surface area contributed by atoms with Crippen LogP contribution in [0.2, 0.25) is 0 Å². The molecule has 0 fully saturated rings. The minimum atomic E-state index is -0.308. The summed E-state index contributed by atoms with van der Waals surface area (Å²) >= 11 is 1.37. The maximum Gasteiger partial charge on any atom is 0.175 e. The Morgan fingerprint density at radius 3 is 2.45 bits per heavy atom. The summed E-state index contributed by atoms with van der Waals surface area (Å²) in [6.07, 6.45) is 0. The summed E-state index contributed by atoms with van der Waals surface area (Å²) in [4.78, 5) is 13.2. The molecule has 0 saturated heterocycles. The van der Waals surface area contributed by atoms with Crippen LogP contribution in [0.5, 0.6) is 5.75 Å². The predicted octanol–water partition coefficient (Wildman–Crippen LogP) is 5.25. The number of carbonyl (C=O) groups excluding carboxylic acids is 1. The molecule has 1 aromatic heterocycles. The van der Waals surface area contributed by atoms with Crippen molar-refractivity contribution < 1.29 is 14.3 Å². The Morgan fingerprint density at radius 1 is 1.14 bits per heavy atom. The third kappa shape index (κ3) is 2.50. The van der Waals surface area contributed by atoms with Crippen molar-refractivity contribution in [2.24, 2.45) is 5.92 Å². The van der Waals surface area contributed by atoms with Crippen LogP contribution in [-0.4, -0.2) is 10.9 Å². The first-order valence-corrected chi connectivity index (χ1v) is 7.84. The molecule has 3 rings (SSSR count). The van der Waals surface area contributed by atoms with Crippen LogP contribution in [0, 0.1) is 11.7 Å². The summed E-state index contributed by atoms with van der Waals surface area (Å²) in [7, 11) is 0. The third-order valence-corrected chi connectivity index (χ3v) is 4.72. The standard InChI is InChI=1S/C18H15FO2S/c1-10(2)17(21)18-16(11-3-5-12(19)6-4-11)14-8-7-13(20)9-15(14)22-18/h3-10,20H,1-2H3. The van der Waals surface area contributed by atoms with Gasteiger partial charge in [-0.2, -0.15) is 0 Å². The molecule has 0 atom stereocenters. The number of halogens is 1. The zero-order valence-electron chi connectivity index (χ0n) is 12.3. The van der Waals surface area contributed by atoms with Gasteiger partial charge in [-0.25, -0.2) is 4.39 Å². The average molecular weight is 314 g/mol. The Balaban J connectivity index is 2.31. The molecule has 0 aliphatic rings. The normalized spacial score (nSPS) is 11.3. The molecule has 2 nitrogen and oxygen atoms in total. The first-order valence-electron chi connectivity index (χ1n) is 7.03. The van der Waals surface area contributed by atoms with E-state index in [0.29, 0.717) is 4.88 Å². The van der Waals surface area contributed by atoms with Gasteiger partial charge in [-0.3, -0.25) is 4.79 Å². The highest BCUT2D eigenvalue weighted by atomic mass is 32.1. The van der Waals surface area contributed by atoms with Crippen molar-refractivity contribution in [2.45, 2.75) is 13.8 Å². The van der Waals surface area contributed by atoms with Crippen LogP contribution in [0.1, 0.15) is 23.5 Å². The maximum absolute atomic E-state index is 13.2. The van der Waals surface area contributed by atoms with Gasteiger partial charge in [-0.05, 0) is 35.9 Å². The van der Waals surface area contributed by atoms with E-state index in [-0.39, 0.29) is 23.3 Å². The van der Waals surface area contributed by atoms with Crippen LogP contribution >= 0.6 is 11.3 Å². The number of carbonyl (C=O) groups is 1. The van der Waals surface area contributed by atoms with E-state index in [4.69, 9.17) is 0 Å². The Hall–Kier alpha value is -2.20. The number of thiophene rings is 1. The number of phenols is 1. The molecule has 0 spiro atoms. The zero-order chi connectivity index (χ0) is 15.9. The lowest BCUT2D eigenvalue weighted by molar-refractivity contribution is 0.0944. The molecule has 4 heteroatoms. The maximum atomic E-state index is 13.2. The number of hydrogen-bond donors (Lipinski definition) is 1. The lowest BCUT2D eigenvalue weighted by Crippen LogP contribution is -2.06. The lowest BCUT2D eigenvalue weighted by Gasteiger charge is -2.07. The van der Waals surface area contributed by atoms with Gasteiger partial charge < -0.3 is 5.11 Å². The van der Waals surface area contributed by atoms with Crippen LogP contribution in [0.15, 0.2) is 42.5 Å². The molecule has 0 radical (unpaired) electrons. The Labute approximate surface area is 131 Å². The van der Waals surface area contributed by atoms with Gasteiger partial charge in [0.2, 0.25) is 0 Å². The number of Topliss-reactive ketones (excluding diaryl/α,β-unsaturated/α-hetero) is 1. The van der Waals surface area contributed by atoms with E-state index >= 15 is 0 Å².